The zero-order valence-electron chi connectivity index (χ0n) is 14.2. The summed E-state index contributed by atoms with van der Waals surface area (Å²) in [6, 6.07) is 9.90. The van der Waals surface area contributed by atoms with Gasteiger partial charge in [-0.2, -0.15) is 0 Å². The van der Waals surface area contributed by atoms with Gasteiger partial charge < -0.3 is 9.73 Å². The number of hydrogen-bond donors (Lipinski definition) is 1. The van der Waals surface area contributed by atoms with Crippen LogP contribution in [0.3, 0.4) is 0 Å². The molecule has 0 atom stereocenters. The van der Waals surface area contributed by atoms with Gasteiger partial charge >= 0.3 is 0 Å². The van der Waals surface area contributed by atoms with Gasteiger partial charge in [0.15, 0.2) is 0 Å². The van der Waals surface area contributed by atoms with Gasteiger partial charge in [0.05, 0.1) is 6.26 Å². The Balaban J connectivity index is 1.27. The highest BCUT2D eigenvalue weighted by Gasteiger charge is 2.13. The molecule has 4 rings (SSSR count). The second-order valence-electron chi connectivity index (χ2n) is 6.18. The highest BCUT2D eigenvalue weighted by Crippen LogP contribution is 2.25. The number of carbonyl (C=O) groups excluding carboxylic acids is 1. The first-order chi connectivity index (χ1) is 12.8. The molecule has 2 heterocycles. The van der Waals surface area contributed by atoms with Crippen LogP contribution in [0.4, 0.5) is 5.69 Å². The first-order valence-electron chi connectivity index (χ1n) is 8.61. The van der Waals surface area contributed by atoms with Crippen LogP contribution in [0, 0.1) is 0 Å². The van der Waals surface area contributed by atoms with Crippen LogP contribution in [0.2, 0.25) is 0 Å². The second kappa shape index (κ2) is 7.74. The molecule has 1 aromatic carbocycles. The molecular weight excluding hydrogens is 350 g/mol. The molecule has 1 N–H and O–H groups in total. The Morgan fingerprint density at radius 1 is 1.27 bits per heavy atom. The quantitative estimate of drug-likeness (QED) is 0.645. The van der Waals surface area contributed by atoms with E-state index >= 15 is 0 Å². The zero-order chi connectivity index (χ0) is 17.8. The fourth-order valence-electron chi connectivity index (χ4n) is 3.06. The normalized spacial score (nSPS) is 12.9. The third-order valence-corrected chi connectivity index (χ3v) is 5.29. The highest BCUT2D eigenvalue weighted by molar-refractivity contribution is 7.99. The number of hydrogen-bond acceptors (Lipinski definition) is 6. The number of nitrogens with one attached hydrogen (secondary N) is 1. The van der Waals surface area contributed by atoms with Crippen LogP contribution in [-0.4, -0.2) is 31.9 Å². The smallest absolute Gasteiger partial charge is 0.225 e. The predicted molar refractivity (Wildman–Crippen MR) is 98.1 cm³/mol. The molecule has 1 amide bonds. The van der Waals surface area contributed by atoms with Gasteiger partial charge in [-0.05, 0) is 65.1 Å². The molecule has 26 heavy (non-hydrogen) atoms. The summed E-state index contributed by atoms with van der Waals surface area (Å²) in [6.45, 7) is 0.476. The van der Waals surface area contributed by atoms with Crippen molar-refractivity contribution in [2.45, 2.75) is 37.4 Å². The number of benzene rings is 1. The number of carbonyl (C=O) groups is 1. The average Bonchev–Trinajstić information content (AvgIpc) is 3.37. The SMILES string of the molecule is O=C(CCSc1nnnn1Cc1ccco1)Nc1ccc2c(c1)CCC2. The third kappa shape index (κ3) is 3.96. The van der Waals surface area contributed by atoms with E-state index in [9.17, 15) is 4.79 Å². The first-order valence-corrected chi connectivity index (χ1v) is 9.59. The van der Waals surface area contributed by atoms with Crippen LogP contribution in [-0.2, 0) is 24.2 Å². The summed E-state index contributed by atoms with van der Waals surface area (Å²) < 4.78 is 6.98. The Morgan fingerprint density at radius 2 is 2.19 bits per heavy atom. The largest absolute Gasteiger partial charge is 0.467 e. The van der Waals surface area contributed by atoms with Crippen LogP contribution in [0.25, 0.3) is 0 Å². The summed E-state index contributed by atoms with van der Waals surface area (Å²) in [7, 11) is 0. The summed E-state index contributed by atoms with van der Waals surface area (Å²) in [5, 5.41) is 15.3. The molecule has 1 aliphatic carbocycles. The maximum absolute atomic E-state index is 12.2. The van der Waals surface area contributed by atoms with Gasteiger partial charge in [-0.1, -0.05) is 17.8 Å². The van der Waals surface area contributed by atoms with Crippen molar-refractivity contribution in [2.24, 2.45) is 0 Å². The second-order valence-corrected chi connectivity index (χ2v) is 7.24. The van der Waals surface area contributed by atoms with E-state index in [0.29, 0.717) is 23.9 Å². The van der Waals surface area contributed by atoms with E-state index in [2.05, 4.69) is 33.0 Å². The standard InChI is InChI=1S/C18H19N5O2S/c24-17(19-15-7-6-13-3-1-4-14(13)11-15)8-10-26-18-20-21-22-23(18)12-16-5-2-9-25-16/h2,5-7,9,11H,1,3-4,8,10,12H2,(H,19,24). The molecule has 1 aliphatic rings. The van der Waals surface area contributed by atoms with Crippen molar-refractivity contribution in [1.29, 1.82) is 0 Å². The summed E-state index contributed by atoms with van der Waals surface area (Å²) in [4.78, 5) is 12.2. The zero-order valence-corrected chi connectivity index (χ0v) is 15.0. The van der Waals surface area contributed by atoms with E-state index in [1.807, 2.05) is 18.2 Å². The number of furan rings is 1. The molecule has 0 saturated carbocycles. The van der Waals surface area contributed by atoms with Crippen molar-refractivity contribution in [3.05, 3.63) is 53.5 Å². The van der Waals surface area contributed by atoms with Crippen molar-refractivity contribution in [2.75, 3.05) is 11.1 Å². The number of fused-ring (bicyclic) bond motifs is 1. The fourth-order valence-corrected chi connectivity index (χ4v) is 3.87. The summed E-state index contributed by atoms with van der Waals surface area (Å²) in [6.07, 6.45) is 5.47. The monoisotopic (exact) mass is 369 g/mol. The number of rotatable bonds is 7. The Bertz CT molecular complexity index is 891. The average molecular weight is 369 g/mol. The molecular formula is C18H19N5O2S. The van der Waals surface area contributed by atoms with E-state index < -0.39 is 0 Å². The van der Waals surface area contributed by atoms with Gasteiger partial charge in [-0.25, -0.2) is 4.68 Å². The molecule has 7 nitrogen and oxygen atoms in total. The van der Waals surface area contributed by atoms with Crippen molar-refractivity contribution >= 4 is 23.4 Å². The van der Waals surface area contributed by atoms with Gasteiger partial charge in [0.1, 0.15) is 12.3 Å². The molecule has 0 saturated heterocycles. The minimum Gasteiger partial charge on any atom is -0.467 e. The van der Waals surface area contributed by atoms with Crippen LogP contribution >= 0.6 is 11.8 Å². The Morgan fingerprint density at radius 3 is 3.08 bits per heavy atom. The van der Waals surface area contributed by atoms with E-state index in [0.717, 1.165) is 24.3 Å². The molecule has 2 aromatic heterocycles. The number of aryl methyl sites for hydroxylation is 2. The van der Waals surface area contributed by atoms with E-state index in [1.165, 1.54) is 29.3 Å². The molecule has 134 valence electrons. The number of amides is 1. The Kier molecular flexibility index (Phi) is 5.01. The third-order valence-electron chi connectivity index (χ3n) is 4.33. The number of aromatic nitrogens is 4. The molecule has 0 aliphatic heterocycles. The lowest BCUT2D eigenvalue weighted by Gasteiger charge is -2.07. The van der Waals surface area contributed by atoms with Gasteiger partial charge in [0.2, 0.25) is 11.1 Å². The number of anilines is 1. The molecule has 0 unspecified atom stereocenters. The van der Waals surface area contributed by atoms with E-state index in [4.69, 9.17) is 4.42 Å². The minimum atomic E-state index is 0.000469. The Labute approximate surface area is 155 Å². The Hall–Kier alpha value is -2.61. The van der Waals surface area contributed by atoms with Crippen molar-refractivity contribution in [3.63, 3.8) is 0 Å². The summed E-state index contributed by atoms with van der Waals surface area (Å²) >= 11 is 1.46. The van der Waals surface area contributed by atoms with E-state index in [1.54, 1.807) is 10.9 Å². The topological polar surface area (TPSA) is 85.8 Å². The number of nitrogens with zero attached hydrogens (tertiary/aromatic N) is 4. The predicted octanol–water partition coefficient (Wildman–Crippen LogP) is 2.92. The van der Waals surface area contributed by atoms with Crippen molar-refractivity contribution in [3.8, 4) is 0 Å². The summed E-state index contributed by atoms with van der Waals surface area (Å²) in [5.74, 6) is 1.39. The molecule has 0 fully saturated rings. The van der Waals surface area contributed by atoms with Crippen molar-refractivity contribution < 1.29 is 9.21 Å². The molecule has 0 radical (unpaired) electrons. The minimum absolute atomic E-state index is 0.000469. The number of tetrazole rings is 1. The highest BCUT2D eigenvalue weighted by atomic mass is 32.2. The van der Waals surface area contributed by atoms with Gasteiger partial charge in [-0.15, -0.1) is 5.10 Å². The maximum Gasteiger partial charge on any atom is 0.225 e. The van der Waals surface area contributed by atoms with Gasteiger partial charge in [-0.3, -0.25) is 4.79 Å². The van der Waals surface area contributed by atoms with Gasteiger partial charge in [0, 0.05) is 17.9 Å². The fraction of sp³-hybridized carbons (Fsp3) is 0.333. The van der Waals surface area contributed by atoms with Crippen LogP contribution in [0.15, 0.2) is 46.2 Å². The lowest BCUT2D eigenvalue weighted by atomic mass is 10.1. The van der Waals surface area contributed by atoms with Crippen LogP contribution in [0.5, 0.6) is 0 Å². The summed E-state index contributed by atoms with van der Waals surface area (Å²) in [5.41, 5.74) is 3.64. The van der Waals surface area contributed by atoms with Crippen LogP contribution < -0.4 is 5.32 Å². The maximum atomic E-state index is 12.2. The molecule has 3 aromatic rings. The number of thioether (sulfide) groups is 1. The molecule has 0 bridgehead atoms. The molecule has 8 heteroatoms. The van der Waals surface area contributed by atoms with Crippen LogP contribution in [0.1, 0.15) is 29.7 Å². The lowest BCUT2D eigenvalue weighted by molar-refractivity contribution is -0.115. The van der Waals surface area contributed by atoms with Crippen molar-refractivity contribution in [1.82, 2.24) is 20.2 Å². The molecule has 0 spiro atoms. The van der Waals surface area contributed by atoms with E-state index in [-0.39, 0.29) is 5.91 Å². The first kappa shape index (κ1) is 16.8. The lowest BCUT2D eigenvalue weighted by Crippen LogP contribution is -2.12. The van der Waals surface area contributed by atoms with Gasteiger partial charge in [0.25, 0.3) is 0 Å².